The highest BCUT2D eigenvalue weighted by molar-refractivity contribution is 9.10. The first-order valence-corrected chi connectivity index (χ1v) is 5.96. The van der Waals surface area contributed by atoms with Crippen molar-refractivity contribution in [2.45, 2.75) is 18.4 Å². The summed E-state index contributed by atoms with van der Waals surface area (Å²) in [5, 5.41) is 0. The largest absolute Gasteiger partial charge is 0.378 e. The first kappa shape index (κ1) is 12.9. The zero-order chi connectivity index (χ0) is 12.5. The molecule has 17 heavy (non-hydrogen) atoms. The lowest BCUT2D eigenvalue weighted by Gasteiger charge is -2.25. The molecule has 94 valence electrons. The zero-order valence-corrected chi connectivity index (χ0v) is 10.8. The monoisotopic (exact) mass is 307 g/mol. The SMILES string of the molecule is COC1(c2cc(C(F)F)cc(Br)n2)CCOC1. The Hall–Kier alpha value is -0.590. The van der Waals surface area contributed by atoms with Crippen LogP contribution in [0.15, 0.2) is 16.7 Å². The maximum atomic E-state index is 12.7. The summed E-state index contributed by atoms with van der Waals surface area (Å²) in [5.74, 6) is 0. The molecule has 0 radical (unpaired) electrons. The van der Waals surface area contributed by atoms with E-state index in [9.17, 15) is 8.78 Å². The van der Waals surface area contributed by atoms with Crippen LogP contribution >= 0.6 is 15.9 Å². The van der Waals surface area contributed by atoms with Crippen molar-refractivity contribution >= 4 is 15.9 Å². The van der Waals surface area contributed by atoms with Crippen molar-refractivity contribution < 1.29 is 18.3 Å². The molecule has 0 N–H and O–H groups in total. The number of alkyl halides is 2. The second-order valence-electron chi connectivity index (χ2n) is 3.91. The molecule has 0 saturated carbocycles. The average molecular weight is 308 g/mol. The summed E-state index contributed by atoms with van der Waals surface area (Å²) in [6, 6.07) is 2.70. The second kappa shape index (κ2) is 4.96. The molecular formula is C11H12BrF2NO2. The molecule has 1 atom stereocenters. The minimum absolute atomic E-state index is 0.0646. The lowest BCUT2D eigenvalue weighted by molar-refractivity contribution is -0.0249. The molecule has 1 aromatic heterocycles. The Morgan fingerprint density at radius 1 is 1.53 bits per heavy atom. The van der Waals surface area contributed by atoms with Crippen molar-refractivity contribution in [2.24, 2.45) is 0 Å². The average Bonchev–Trinajstić information content (AvgIpc) is 2.78. The number of pyridine rings is 1. The maximum absolute atomic E-state index is 12.7. The number of aromatic nitrogens is 1. The molecule has 1 aliphatic rings. The van der Waals surface area contributed by atoms with Gasteiger partial charge in [-0.05, 0) is 28.1 Å². The maximum Gasteiger partial charge on any atom is 0.264 e. The van der Waals surface area contributed by atoms with Gasteiger partial charge in [0, 0.05) is 25.7 Å². The highest BCUT2D eigenvalue weighted by Crippen LogP contribution is 2.35. The summed E-state index contributed by atoms with van der Waals surface area (Å²) in [7, 11) is 1.54. The number of hydrogen-bond acceptors (Lipinski definition) is 3. The van der Waals surface area contributed by atoms with Crippen molar-refractivity contribution in [3.8, 4) is 0 Å². The van der Waals surface area contributed by atoms with Crippen LogP contribution in [0.5, 0.6) is 0 Å². The summed E-state index contributed by atoms with van der Waals surface area (Å²) < 4.78 is 36.5. The van der Waals surface area contributed by atoms with Gasteiger partial charge in [-0.15, -0.1) is 0 Å². The van der Waals surface area contributed by atoms with E-state index in [2.05, 4.69) is 20.9 Å². The summed E-state index contributed by atoms with van der Waals surface area (Å²) in [4.78, 5) is 4.22. The van der Waals surface area contributed by atoms with Crippen LogP contribution in [0.4, 0.5) is 8.78 Å². The van der Waals surface area contributed by atoms with Gasteiger partial charge in [0.2, 0.25) is 0 Å². The lowest BCUT2D eigenvalue weighted by Crippen LogP contribution is -2.30. The van der Waals surface area contributed by atoms with Gasteiger partial charge < -0.3 is 9.47 Å². The first-order chi connectivity index (χ1) is 8.07. The number of hydrogen-bond donors (Lipinski definition) is 0. The van der Waals surface area contributed by atoms with Crippen molar-refractivity contribution in [1.29, 1.82) is 0 Å². The Morgan fingerprint density at radius 3 is 2.82 bits per heavy atom. The van der Waals surface area contributed by atoms with E-state index in [1.54, 1.807) is 7.11 Å². The minimum atomic E-state index is -2.52. The molecule has 0 spiro atoms. The first-order valence-electron chi connectivity index (χ1n) is 5.16. The standard InChI is InChI=1S/C11H12BrF2NO2/c1-16-11(2-3-17-6-11)8-4-7(10(13)14)5-9(12)15-8/h4-5,10H,2-3,6H2,1H3. The van der Waals surface area contributed by atoms with Crippen LogP contribution < -0.4 is 0 Å². The summed E-state index contributed by atoms with van der Waals surface area (Å²) in [6.45, 7) is 0.891. The van der Waals surface area contributed by atoms with Gasteiger partial charge in [0.15, 0.2) is 0 Å². The van der Waals surface area contributed by atoms with Gasteiger partial charge in [-0.3, -0.25) is 0 Å². The smallest absolute Gasteiger partial charge is 0.264 e. The number of ether oxygens (including phenoxy) is 2. The van der Waals surface area contributed by atoms with Crippen molar-refractivity contribution in [2.75, 3.05) is 20.3 Å². The Morgan fingerprint density at radius 2 is 2.29 bits per heavy atom. The van der Waals surface area contributed by atoms with E-state index in [1.165, 1.54) is 12.1 Å². The van der Waals surface area contributed by atoms with Crippen LogP contribution in [-0.2, 0) is 15.1 Å². The normalized spacial score (nSPS) is 24.5. The third kappa shape index (κ3) is 2.48. The van der Waals surface area contributed by atoms with Gasteiger partial charge in [0.1, 0.15) is 10.2 Å². The highest BCUT2D eigenvalue weighted by Gasteiger charge is 2.39. The molecule has 0 aliphatic carbocycles. The summed E-state index contributed by atoms with van der Waals surface area (Å²) in [6.07, 6.45) is -1.90. The Balaban J connectivity index is 2.43. The Labute approximate surface area is 106 Å². The molecule has 0 amide bonds. The van der Waals surface area contributed by atoms with E-state index in [1.807, 2.05) is 0 Å². The van der Waals surface area contributed by atoms with Crippen molar-refractivity contribution in [3.05, 3.63) is 28.0 Å². The van der Waals surface area contributed by atoms with Gasteiger partial charge >= 0.3 is 0 Å². The van der Waals surface area contributed by atoms with E-state index in [0.29, 0.717) is 29.9 Å². The fourth-order valence-electron chi connectivity index (χ4n) is 1.89. The van der Waals surface area contributed by atoms with Gasteiger partial charge in [-0.25, -0.2) is 13.8 Å². The number of rotatable bonds is 3. The van der Waals surface area contributed by atoms with Gasteiger partial charge in [0.05, 0.1) is 12.3 Å². The molecule has 1 saturated heterocycles. The molecular weight excluding hydrogens is 296 g/mol. The fourth-order valence-corrected chi connectivity index (χ4v) is 2.35. The van der Waals surface area contributed by atoms with Crippen LogP contribution in [0.3, 0.4) is 0 Å². The summed E-state index contributed by atoms with van der Waals surface area (Å²) in [5.41, 5.74) is -0.277. The minimum Gasteiger partial charge on any atom is -0.378 e. The zero-order valence-electron chi connectivity index (χ0n) is 9.25. The lowest BCUT2D eigenvalue weighted by atomic mass is 9.97. The van der Waals surface area contributed by atoms with Gasteiger partial charge in [0.25, 0.3) is 6.43 Å². The van der Waals surface area contributed by atoms with E-state index in [-0.39, 0.29) is 5.56 Å². The topological polar surface area (TPSA) is 31.4 Å². The number of methoxy groups -OCH3 is 1. The molecule has 6 heteroatoms. The predicted molar refractivity (Wildman–Crippen MR) is 61.0 cm³/mol. The van der Waals surface area contributed by atoms with Gasteiger partial charge in [-0.1, -0.05) is 0 Å². The third-order valence-corrected chi connectivity index (χ3v) is 3.32. The fraction of sp³-hybridized carbons (Fsp3) is 0.545. The van der Waals surface area contributed by atoms with E-state index < -0.39 is 12.0 Å². The molecule has 1 aliphatic heterocycles. The molecule has 3 nitrogen and oxygen atoms in total. The molecule has 1 fully saturated rings. The molecule has 2 heterocycles. The molecule has 1 aromatic rings. The molecule has 1 unspecified atom stereocenters. The van der Waals surface area contributed by atoms with Crippen LogP contribution in [0.1, 0.15) is 24.1 Å². The van der Waals surface area contributed by atoms with Crippen molar-refractivity contribution in [1.82, 2.24) is 4.98 Å². The van der Waals surface area contributed by atoms with E-state index >= 15 is 0 Å². The number of nitrogens with zero attached hydrogens (tertiary/aromatic N) is 1. The van der Waals surface area contributed by atoms with E-state index in [0.717, 1.165) is 0 Å². The van der Waals surface area contributed by atoms with Crippen LogP contribution in [0, 0.1) is 0 Å². The van der Waals surface area contributed by atoms with Crippen LogP contribution in [-0.4, -0.2) is 25.3 Å². The summed E-state index contributed by atoms with van der Waals surface area (Å²) >= 11 is 3.14. The quantitative estimate of drug-likeness (QED) is 0.804. The Bertz CT molecular complexity index is 408. The van der Waals surface area contributed by atoms with E-state index in [4.69, 9.17) is 9.47 Å². The molecule has 0 aromatic carbocycles. The highest BCUT2D eigenvalue weighted by atomic mass is 79.9. The number of halogens is 3. The third-order valence-electron chi connectivity index (χ3n) is 2.91. The Kier molecular flexibility index (Phi) is 3.75. The van der Waals surface area contributed by atoms with Crippen molar-refractivity contribution in [3.63, 3.8) is 0 Å². The molecule has 2 rings (SSSR count). The van der Waals surface area contributed by atoms with Gasteiger partial charge in [-0.2, -0.15) is 0 Å². The predicted octanol–water partition coefficient (Wildman–Crippen LogP) is 3.04. The van der Waals surface area contributed by atoms with Crippen LogP contribution in [0.25, 0.3) is 0 Å². The second-order valence-corrected chi connectivity index (χ2v) is 4.72. The molecule has 0 bridgehead atoms. The van der Waals surface area contributed by atoms with Crippen LogP contribution in [0.2, 0.25) is 0 Å².